The first kappa shape index (κ1) is 21.3. The van der Waals surface area contributed by atoms with E-state index in [2.05, 4.69) is 101 Å². The Labute approximate surface area is 186 Å². The van der Waals surface area contributed by atoms with Crippen LogP contribution in [0.3, 0.4) is 0 Å². The second-order valence-electron chi connectivity index (χ2n) is 11.4. The predicted molar refractivity (Wildman–Crippen MR) is 137 cm³/mol. The molecule has 3 aromatic rings. The molecule has 0 N–H and O–H groups in total. The Hall–Kier alpha value is -1.53. The molecule has 2 atom stereocenters. The van der Waals surface area contributed by atoms with E-state index in [1.807, 2.05) is 6.07 Å². The van der Waals surface area contributed by atoms with E-state index in [1.165, 1.54) is 39.0 Å². The predicted octanol–water partition coefficient (Wildman–Crippen LogP) is 9.18. The molecule has 2 aliphatic rings. The Bertz CT molecular complexity index is 1410. The second-order valence-corrected chi connectivity index (χ2v) is 57.0. The van der Waals surface area contributed by atoms with Crippen molar-refractivity contribution in [3.63, 3.8) is 0 Å². The van der Waals surface area contributed by atoms with Gasteiger partial charge in [-0.25, -0.2) is 0 Å². The molecule has 0 fully saturated rings. The van der Waals surface area contributed by atoms with Crippen LogP contribution < -0.4 is 0 Å². The first-order chi connectivity index (χ1) is 14.3. The van der Waals surface area contributed by atoms with Crippen LogP contribution >= 0.6 is 17.0 Å². The minimum absolute atomic E-state index is 0.0998. The monoisotopic (exact) mass is 524 g/mol. The van der Waals surface area contributed by atoms with Gasteiger partial charge in [-0.05, 0) is 0 Å². The molecule has 3 aromatic carbocycles. The fraction of sp³-hybridized carbons (Fsp3) is 0.179. The molecule has 158 valence electrons. The van der Waals surface area contributed by atoms with Gasteiger partial charge in [0.05, 0.1) is 0 Å². The summed E-state index contributed by atoms with van der Waals surface area (Å²) in [4.78, 5) is 0. The molecule has 5 rings (SSSR count). The summed E-state index contributed by atoms with van der Waals surface area (Å²) in [6.45, 7) is 2.15. The van der Waals surface area contributed by atoms with Crippen molar-refractivity contribution in [2.75, 3.05) is 0 Å². The number of hydrogen-bond donors (Lipinski definition) is 0. The number of rotatable bonds is 3. The van der Waals surface area contributed by atoms with Crippen molar-refractivity contribution in [2.24, 2.45) is 0 Å². The quantitative estimate of drug-likeness (QED) is 0.319. The summed E-state index contributed by atoms with van der Waals surface area (Å²) in [5.74, 6) is 0. The average Bonchev–Trinajstić information content (AvgIpc) is 3.29. The summed E-state index contributed by atoms with van der Waals surface area (Å²) in [6, 6.07) is 25.4. The third kappa shape index (κ3) is 3.08. The zero-order valence-corrected chi connectivity index (χ0v) is 22.2. The Balaban J connectivity index is 1.77. The van der Waals surface area contributed by atoms with Gasteiger partial charge in [-0.1, -0.05) is 0 Å². The van der Waals surface area contributed by atoms with E-state index in [4.69, 9.17) is 21.2 Å². The summed E-state index contributed by atoms with van der Waals surface area (Å²) in [5, 5.41) is 0. The summed E-state index contributed by atoms with van der Waals surface area (Å²) in [5.41, 5.74) is 8.40. The van der Waals surface area contributed by atoms with E-state index in [0.717, 1.165) is 0 Å². The van der Waals surface area contributed by atoms with Gasteiger partial charge in [0.1, 0.15) is 0 Å². The molecule has 0 radical (unpaired) electrons. The second kappa shape index (κ2) is 5.69. The van der Waals surface area contributed by atoms with Crippen molar-refractivity contribution in [2.45, 2.75) is 23.4 Å². The van der Waals surface area contributed by atoms with Gasteiger partial charge in [0.15, 0.2) is 0 Å². The van der Waals surface area contributed by atoms with E-state index < -0.39 is 12.9 Å². The van der Waals surface area contributed by atoms with Gasteiger partial charge in [0.25, 0.3) is 0 Å². The zero-order chi connectivity index (χ0) is 22.2. The third-order valence-corrected chi connectivity index (χ3v) is 28.0. The average molecular weight is 527 g/mol. The molecule has 0 saturated heterocycles. The van der Waals surface area contributed by atoms with Crippen LogP contribution in [0.15, 0.2) is 84.4 Å². The van der Waals surface area contributed by atoms with Crippen molar-refractivity contribution in [1.29, 1.82) is 0 Å². The molecule has 0 amide bonds. The van der Waals surface area contributed by atoms with Crippen LogP contribution in [0.2, 0.25) is 9.26 Å². The van der Waals surface area contributed by atoms with E-state index in [0.29, 0.717) is 0 Å². The van der Waals surface area contributed by atoms with Crippen molar-refractivity contribution in [3.05, 3.63) is 107 Å². The van der Waals surface area contributed by atoms with E-state index in [9.17, 15) is 0 Å². The number of allylic oxidation sites excluding steroid dienone is 2. The van der Waals surface area contributed by atoms with E-state index in [1.54, 1.807) is 0 Å². The van der Waals surface area contributed by atoms with Gasteiger partial charge in [-0.15, -0.1) is 0 Å². The van der Waals surface area contributed by atoms with Gasteiger partial charge >= 0.3 is 188 Å². The SMILES string of the molecule is [CH2]=[Zr]([CH3])([CH3])([Cl])([Cl])([CH]1C=Cc2c(-c3ccccc3)cccc21)[CH]1C(C)=Cc2ccccc21. The Morgan fingerprint density at radius 2 is 1.45 bits per heavy atom. The molecule has 0 aromatic heterocycles. The molecular weight excluding hydrogens is 498 g/mol. The fourth-order valence-corrected chi connectivity index (χ4v) is 27.3. The van der Waals surface area contributed by atoms with Crippen LogP contribution in [-0.4, -0.2) is 4.21 Å². The standard InChI is InChI=1S/C15H11.C10H9.2CH3.CH2.2ClH.Zr/c1-2-6-12(7-3-1)14-10-4-8-13-9-5-11-15(13)14;1-8-6-9-4-2-3-5-10(9)7-8;;;;;;/h1-11H;2-7H,1H3;2*1H3;1H2;2*1H;/q;;;;;;;+2/p-2. The summed E-state index contributed by atoms with van der Waals surface area (Å²) in [6.07, 6.45) is 6.66. The van der Waals surface area contributed by atoms with E-state index in [-0.39, 0.29) is 7.25 Å². The third-order valence-electron chi connectivity index (χ3n) is 7.58. The summed E-state index contributed by atoms with van der Waals surface area (Å²) >= 11 is -5.79. The number of benzene rings is 3. The molecule has 2 aliphatic carbocycles. The van der Waals surface area contributed by atoms with Crippen LogP contribution in [0.5, 0.6) is 0 Å². The van der Waals surface area contributed by atoms with Crippen LogP contribution in [0.1, 0.15) is 36.4 Å². The molecule has 0 spiro atoms. The Kier molecular flexibility index (Phi) is 3.91. The number of fused-ring (bicyclic) bond motifs is 2. The first-order valence-corrected chi connectivity index (χ1v) is 26.8. The number of halogens is 2. The molecule has 31 heavy (non-hydrogen) atoms. The van der Waals surface area contributed by atoms with Crippen LogP contribution in [0.25, 0.3) is 23.3 Å². The van der Waals surface area contributed by atoms with Crippen LogP contribution in [0.4, 0.5) is 0 Å². The van der Waals surface area contributed by atoms with Gasteiger partial charge < -0.3 is 0 Å². The molecule has 0 aliphatic heterocycles. The molecule has 0 saturated carbocycles. The van der Waals surface area contributed by atoms with Crippen molar-refractivity contribution in [1.82, 2.24) is 0 Å². The van der Waals surface area contributed by atoms with Crippen LogP contribution in [0, 0.1) is 0 Å². The van der Waals surface area contributed by atoms with Crippen molar-refractivity contribution >= 4 is 33.4 Å². The molecule has 0 heterocycles. The molecule has 0 nitrogen and oxygen atoms in total. The van der Waals surface area contributed by atoms with Crippen LogP contribution in [-0.2, 0) is 12.9 Å². The van der Waals surface area contributed by atoms with Crippen molar-refractivity contribution < 1.29 is 12.9 Å². The maximum absolute atomic E-state index is 8.02. The summed E-state index contributed by atoms with van der Waals surface area (Å²) < 4.78 is 8.90. The normalized spacial score (nSPS) is 23.1. The fourth-order valence-electron chi connectivity index (χ4n) is 6.43. The molecule has 0 bridgehead atoms. The van der Waals surface area contributed by atoms with Crippen molar-refractivity contribution in [3.8, 4) is 11.1 Å². The van der Waals surface area contributed by atoms with Gasteiger partial charge in [-0.3, -0.25) is 0 Å². The molecule has 2 unspecified atom stereocenters. The van der Waals surface area contributed by atoms with Gasteiger partial charge in [-0.2, -0.15) is 0 Å². The zero-order valence-electron chi connectivity index (χ0n) is 18.3. The summed E-state index contributed by atoms with van der Waals surface area (Å²) in [7, 11) is 16.0. The van der Waals surface area contributed by atoms with Gasteiger partial charge in [0.2, 0.25) is 0 Å². The maximum atomic E-state index is 8.02. The Morgan fingerprint density at radius 1 is 0.806 bits per heavy atom. The number of hydrogen-bond acceptors (Lipinski definition) is 0. The minimum atomic E-state index is -5.79. The van der Waals surface area contributed by atoms with E-state index >= 15 is 0 Å². The first-order valence-electron chi connectivity index (χ1n) is 10.9. The molecular formula is C28H28Cl2Zr. The Morgan fingerprint density at radius 3 is 2.19 bits per heavy atom. The topological polar surface area (TPSA) is 0 Å². The van der Waals surface area contributed by atoms with Gasteiger partial charge in [0, 0.05) is 0 Å². The molecule has 3 heteroatoms.